The zero-order valence-electron chi connectivity index (χ0n) is 10.5. The number of hydrogen-bond donors (Lipinski definition) is 1. The van der Waals surface area contributed by atoms with E-state index in [0.717, 1.165) is 0 Å². The number of fused-ring (bicyclic) bond motifs is 2. The topological polar surface area (TPSA) is 19.0 Å². The van der Waals surface area contributed by atoms with Crippen LogP contribution in [0.3, 0.4) is 0 Å². The maximum Gasteiger partial charge on any atom is 0.0456 e. The van der Waals surface area contributed by atoms with Crippen LogP contribution in [0.2, 0.25) is 0 Å². The summed E-state index contributed by atoms with van der Waals surface area (Å²) >= 11 is 0. The van der Waals surface area contributed by atoms with Gasteiger partial charge in [0.2, 0.25) is 0 Å². The first-order valence-electron chi connectivity index (χ1n) is 6.89. The highest BCUT2D eigenvalue weighted by Crippen LogP contribution is 2.36. The van der Waals surface area contributed by atoms with Crippen molar-refractivity contribution in [1.29, 1.82) is 0 Å². The van der Waals surface area contributed by atoms with Crippen molar-refractivity contribution in [2.24, 2.45) is 0 Å². The van der Waals surface area contributed by atoms with Crippen LogP contribution in [0.25, 0.3) is 10.9 Å². The Morgan fingerprint density at radius 3 is 3.17 bits per heavy atom. The third-order valence-corrected chi connectivity index (χ3v) is 4.48. The van der Waals surface area contributed by atoms with Gasteiger partial charge in [0, 0.05) is 30.2 Å². The highest BCUT2D eigenvalue weighted by atomic mass is 15.2. The van der Waals surface area contributed by atoms with E-state index < -0.39 is 0 Å². The SMILES string of the molecule is C1=C[C@@H]2[C@H](c3ccc4cc[nH]c4c3)CCN2CC1. The molecule has 2 aliphatic rings. The Labute approximate surface area is 107 Å². The molecule has 0 unspecified atom stereocenters. The van der Waals surface area contributed by atoms with Crippen LogP contribution in [0.15, 0.2) is 42.6 Å². The number of nitrogens with zero attached hydrogens (tertiary/aromatic N) is 1. The van der Waals surface area contributed by atoms with Gasteiger partial charge in [0.1, 0.15) is 0 Å². The van der Waals surface area contributed by atoms with Crippen molar-refractivity contribution in [3.63, 3.8) is 0 Å². The first kappa shape index (κ1) is 10.4. The smallest absolute Gasteiger partial charge is 0.0456 e. The highest BCUT2D eigenvalue weighted by Gasteiger charge is 2.34. The fourth-order valence-corrected chi connectivity index (χ4v) is 3.53. The lowest BCUT2D eigenvalue weighted by molar-refractivity contribution is 0.276. The third kappa shape index (κ3) is 1.52. The van der Waals surface area contributed by atoms with E-state index in [4.69, 9.17) is 0 Å². The molecule has 2 aliphatic heterocycles. The maximum atomic E-state index is 3.32. The summed E-state index contributed by atoms with van der Waals surface area (Å²) in [4.78, 5) is 5.95. The molecular formula is C16H18N2. The summed E-state index contributed by atoms with van der Waals surface area (Å²) in [6.07, 6.45) is 9.31. The first-order chi connectivity index (χ1) is 8.92. The molecule has 4 rings (SSSR count). The quantitative estimate of drug-likeness (QED) is 0.755. The Balaban J connectivity index is 1.73. The Kier molecular flexibility index (Phi) is 2.30. The van der Waals surface area contributed by atoms with Gasteiger partial charge in [-0.25, -0.2) is 0 Å². The minimum Gasteiger partial charge on any atom is -0.361 e. The number of benzene rings is 1. The molecule has 18 heavy (non-hydrogen) atoms. The summed E-state index contributed by atoms with van der Waals surface area (Å²) in [5, 5.41) is 1.31. The zero-order chi connectivity index (χ0) is 11.9. The Hall–Kier alpha value is -1.54. The molecule has 2 atom stereocenters. The van der Waals surface area contributed by atoms with Crippen LogP contribution >= 0.6 is 0 Å². The van der Waals surface area contributed by atoms with E-state index in [2.05, 4.69) is 46.3 Å². The van der Waals surface area contributed by atoms with E-state index in [0.29, 0.717) is 12.0 Å². The number of aromatic nitrogens is 1. The molecule has 0 radical (unpaired) electrons. The van der Waals surface area contributed by atoms with E-state index in [1.165, 1.54) is 42.4 Å². The molecule has 1 aromatic heterocycles. The van der Waals surface area contributed by atoms with Crippen LogP contribution < -0.4 is 0 Å². The number of nitrogens with one attached hydrogen (secondary N) is 1. The van der Waals surface area contributed by atoms with Gasteiger partial charge in [-0.15, -0.1) is 0 Å². The largest absolute Gasteiger partial charge is 0.361 e. The van der Waals surface area contributed by atoms with Crippen molar-refractivity contribution in [2.45, 2.75) is 24.8 Å². The Bertz CT molecular complexity index is 596. The van der Waals surface area contributed by atoms with Gasteiger partial charge < -0.3 is 4.98 Å². The van der Waals surface area contributed by atoms with E-state index in [1.54, 1.807) is 0 Å². The van der Waals surface area contributed by atoms with Crippen LogP contribution in [0.1, 0.15) is 24.3 Å². The number of aromatic amines is 1. The van der Waals surface area contributed by atoms with Crippen LogP contribution in [-0.2, 0) is 0 Å². The average Bonchev–Trinajstić information content (AvgIpc) is 3.04. The van der Waals surface area contributed by atoms with Gasteiger partial charge in [0.05, 0.1) is 0 Å². The molecule has 0 saturated carbocycles. The van der Waals surface area contributed by atoms with E-state index in [9.17, 15) is 0 Å². The number of hydrogen-bond acceptors (Lipinski definition) is 1. The van der Waals surface area contributed by atoms with E-state index in [1.807, 2.05) is 6.20 Å². The molecule has 2 aromatic rings. The van der Waals surface area contributed by atoms with Crippen LogP contribution in [0, 0.1) is 0 Å². The lowest BCUT2D eigenvalue weighted by Gasteiger charge is -2.28. The minimum absolute atomic E-state index is 0.631. The summed E-state index contributed by atoms with van der Waals surface area (Å²) in [6.45, 7) is 2.49. The first-order valence-corrected chi connectivity index (χ1v) is 6.89. The molecule has 0 bridgehead atoms. The standard InChI is InChI=1S/C16H18N2/c1-2-9-18-10-7-14(16(18)3-1)13-5-4-12-6-8-17-15(12)11-13/h1,3-6,8,11,14,16-17H,2,7,9-10H2/t14-,16+/m0/s1. The Morgan fingerprint density at radius 2 is 2.17 bits per heavy atom. The fourth-order valence-electron chi connectivity index (χ4n) is 3.53. The average molecular weight is 238 g/mol. The number of H-pyrrole nitrogens is 1. The summed E-state index contributed by atoms with van der Waals surface area (Å²) in [5.41, 5.74) is 2.76. The van der Waals surface area contributed by atoms with Crippen molar-refractivity contribution in [3.05, 3.63) is 48.2 Å². The second kappa shape index (κ2) is 3.99. The molecule has 2 heteroatoms. The summed E-state index contributed by atoms with van der Waals surface area (Å²) < 4.78 is 0. The van der Waals surface area contributed by atoms with Gasteiger partial charge in [-0.2, -0.15) is 0 Å². The highest BCUT2D eigenvalue weighted by molar-refractivity contribution is 5.80. The molecular weight excluding hydrogens is 220 g/mol. The van der Waals surface area contributed by atoms with Crippen LogP contribution in [0.5, 0.6) is 0 Å². The van der Waals surface area contributed by atoms with Gasteiger partial charge in [-0.3, -0.25) is 4.90 Å². The Morgan fingerprint density at radius 1 is 1.17 bits per heavy atom. The summed E-state index contributed by atoms with van der Waals surface area (Å²) in [5.74, 6) is 0.675. The molecule has 92 valence electrons. The molecule has 0 aliphatic carbocycles. The molecule has 0 amide bonds. The molecule has 3 heterocycles. The van der Waals surface area contributed by atoms with Crippen LogP contribution in [0.4, 0.5) is 0 Å². The summed E-state index contributed by atoms with van der Waals surface area (Å²) in [6, 6.07) is 9.67. The predicted molar refractivity (Wildman–Crippen MR) is 74.8 cm³/mol. The lowest BCUT2D eigenvalue weighted by atomic mass is 9.90. The van der Waals surface area contributed by atoms with Crippen LogP contribution in [-0.4, -0.2) is 29.0 Å². The minimum atomic E-state index is 0.631. The van der Waals surface area contributed by atoms with Gasteiger partial charge in [0.15, 0.2) is 0 Å². The van der Waals surface area contributed by atoms with Crippen molar-refractivity contribution in [1.82, 2.24) is 9.88 Å². The molecule has 0 spiro atoms. The van der Waals surface area contributed by atoms with Gasteiger partial charge in [-0.05, 0) is 42.5 Å². The molecule has 1 aromatic carbocycles. The van der Waals surface area contributed by atoms with E-state index in [-0.39, 0.29) is 0 Å². The van der Waals surface area contributed by atoms with Gasteiger partial charge >= 0.3 is 0 Å². The van der Waals surface area contributed by atoms with Crippen molar-refractivity contribution in [3.8, 4) is 0 Å². The van der Waals surface area contributed by atoms with Crippen molar-refractivity contribution >= 4 is 10.9 Å². The van der Waals surface area contributed by atoms with E-state index >= 15 is 0 Å². The van der Waals surface area contributed by atoms with Crippen molar-refractivity contribution in [2.75, 3.05) is 13.1 Å². The normalized spacial score (nSPS) is 27.8. The predicted octanol–water partition coefficient (Wildman–Crippen LogP) is 3.29. The fraction of sp³-hybridized carbons (Fsp3) is 0.375. The third-order valence-electron chi connectivity index (χ3n) is 4.48. The zero-order valence-corrected chi connectivity index (χ0v) is 10.5. The maximum absolute atomic E-state index is 3.32. The van der Waals surface area contributed by atoms with Gasteiger partial charge in [0.25, 0.3) is 0 Å². The number of rotatable bonds is 1. The lowest BCUT2D eigenvalue weighted by Crippen LogP contribution is -2.33. The monoisotopic (exact) mass is 238 g/mol. The second-order valence-corrected chi connectivity index (χ2v) is 5.46. The van der Waals surface area contributed by atoms with Crippen molar-refractivity contribution < 1.29 is 0 Å². The van der Waals surface area contributed by atoms with Gasteiger partial charge in [-0.1, -0.05) is 24.3 Å². The second-order valence-electron chi connectivity index (χ2n) is 5.46. The molecule has 1 N–H and O–H groups in total. The molecule has 1 fully saturated rings. The summed E-state index contributed by atoms with van der Waals surface area (Å²) in [7, 11) is 0. The molecule has 2 nitrogen and oxygen atoms in total. The molecule has 1 saturated heterocycles.